The second-order valence-corrected chi connectivity index (χ2v) is 6.76. The van der Waals surface area contributed by atoms with Gasteiger partial charge in [0.25, 0.3) is 11.8 Å². The number of nitrogens with one attached hydrogen (secondary N) is 1. The molecule has 29 heavy (non-hydrogen) atoms. The van der Waals surface area contributed by atoms with Gasteiger partial charge >= 0.3 is 0 Å². The van der Waals surface area contributed by atoms with Crippen LogP contribution in [0.5, 0.6) is 0 Å². The summed E-state index contributed by atoms with van der Waals surface area (Å²) in [7, 11) is 0. The Hall–Kier alpha value is -3.40. The molecule has 1 fully saturated rings. The van der Waals surface area contributed by atoms with E-state index in [0.717, 1.165) is 22.0 Å². The highest BCUT2D eigenvalue weighted by Gasteiger charge is 2.55. The molecule has 0 aromatic heterocycles. The fourth-order valence-electron chi connectivity index (χ4n) is 3.11. The molecule has 2 aliphatic rings. The van der Waals surface area contributed by atoms with Gasteiger partial charge in [0.2, 0.25) is 5.91 Å². The van der Waals surface area contributed by atoms with E-state index in [0.29, 0.717) is 5.69 Å². The molecular weight excluding hydrogens is 408 g/mol. The molecule has 2 atom stereocenters. The quantitative estimate of drug-likeness (QED) is 0.770. The maximum absolute atomic E-state index is 13.4. The molecule has 11 heteroatoms. The zero-order valence-electron chi connectivity index (χ0n) is 14.6. The molecule has 0 bridgehead atoms. The van der Waals surface area contributed by atoms with E-state index in [-0.39, 0.29) is 17.3 Å². The van der Waals surface area contributed by atoms with Crippen LogP contribution in [0.1, 0.15) is 0 Å². The average Bonchev–Trinajstić information content (AvgIpc) is 3.20. The average molecular weight is 420 g/mol. The number of imide groups is 1. The van der Waals surface area contributed by atoms with Crippen molar-refractivity contribution in [2.45, 2.75) is 12.1 Å². The maximum atomic E-state index is 13.4. The Morgan fingerprint density at radius 3 is 2.52 bits per heavy atom. The normalized spacial score (nSPS) is 20.4. The van der Waals surface area contributed by atoms with Crippen molar-refractivity contribution in [1.82, 2.24) is 5.01 Å². The van der Waals surface area contributed by atoms with Crippen LogP contribution in [0, 0.1) is 11.6 Å². The van der Waals surface area contributed by atoms with Crippen LogP contribution in [0.3, 0.4) is 0 Å². The van der Waals surface area contributed by atoms with Gasteiger partial charge in [-0.3, -0.25) is 19.4 Å². The highest BCUT2D eigenvalue weighted by atomic mass is 35.5. The lowest BCUT2D eigenvalue weighted by molar-refractivity contribution is -0.123. The Morgan fingerprint density at radius 2 is 1.83 bits per heavy atom. The van der Waals surface area contributed by atoms with Crippen molar-refractivity contribution in [1.29, 1.82) is 0 Å². The number of anilines is 2. The Bertz CT molecular complexity index is 1050. The van der Waals surface area contributed by atoms with Crippen molar-refractivity contribution < 1.29 is 23.2 Å². The van der Waals surface area contributed by atoms with Gasteiger partial charge in [-0.2, -0.15) is 5.11 Å². The van der Waals surface area contributed by atoms with Gasteiger partial charge in [-0.15, -0.1) is 0 Å². The van der Waals surface area contributed by atoms with Crippen molar-refractivity contribution in [3.8, 4) is 0 Å². The molecule has 2 unspecified atom stereocenters. The van der Waals surface area contributed by atoms with Crippen LogP contribution in [-0.4, -0.2) is 41.4 Å². The van der Waals surface area contributed by atoms with Crippen LogP contribution >= 0.6 is 11.6 Å². The van der Waals surface area contributed by atoms with Crippen LogP contribution in [0.4, 0.5) is 20.2 Å². The predicted molar refractivity (Wildman–Crippen MR) is 98.1 cm³/mol. The number of amides is 3. The molecule has 0 aliphatic carbocycles. The lowest BCUT2D eigenvalue weighted by Crippen LogP contribution is -2.43. The van der Waals surface area contributed by atoms with Crippen LogP contribution < -0.4 is 10.2 Å². The first kappa shape index (κ1) is 18.9. The summed E-state index contributed by atoms with van der Waals surface area (Å²) in [6, 6.07) is 6.39. The summed E-state index contributed by atoms with van der Waals surface area (Å²) in [5, 5.41) is 11.0. The van der Waals surface area contributed by atoms with E-state index in [2.05, 4.69) is 15.7 Å². The topological polar surface area (TPSA) is 94.4 Å². The number of rotatable bonds is 4. The SMILES string of the molecule is O=C(CN1N=NC2C(=O)N(c3ccc(F)c(Cl)c3)C(=O)C21)Nc1ccc(F)cc1. The van der Waals surface area contributed by atoms with E-state index in [1.807, 2.05) is 0 Å². The number of halogens is 3. The molecular formula is C18H12ClF2N5O3. The summed E-state index contributed by atoms with van der Waals surface area (Å²) in [6.07, 6.45) is 0. The van der Waals surface area contributed by atoms with Gasteiger partial charge in [0.1, 0.15) is 18.2 Å². The van der Waals surface area contributed by atoms with Crippen molar-refractivity contribution in [3.63, 3.8) is 0 Å². The van der Waals surface area contributed by atoms with Crippen molar-refractivity contribution >= 4 is 40.7 Å². The molecule has 148 valence electrons. The molecule has 2 aromatic rings. The summed E-state index contributed by atoms with van der Waals surface area (Å²) in [5.74, 6) is -2.96. The van der Waals surface area contributed by atoms with Gasteiger partial charge in [0, 0.05) is 5.69 Å². The first-order valence-electron chi connectivity index (χ1n) is 8.41. The molecule has 0 spiro atoms. The van der Waals surface area contributed by atoms with Gasteiger partial charge < -0.3 is 5.32 Å². The van der Waals surface area contributed by atoms with E-state index in [1.54, 1.807) is 0 Å². The maximum Gasteiger partial charge on any atom is 0.263 e. The van der Waals surface area contributed by atoms with Gasteiger partial charge in [0.15, 0.2) is 12.1 Å². The second-order valence-electron chi connectivity index (χ2n) is 6.36. The molecule has 2 heterocycles. The van der Waals surface area contributed by atoms with Gasteiger partial charge in [-0.05, 0) is 42.5 Å². The first-order chi connectivity index (χ1) is 13.8. The minimum atomic E-state index is -1.11. The molecule has 0 saturated carbocycles. The largest absolute Gasteiger partial charge is 0.324 e. The Labute approximate surface area is 167 Å². The smallest absolute Gasteiger partial charge is 0.263 e. The number of benzene rings is 2. The van der Waals surface area contributed by atoms with Crippen LogP contribution in [-0.2, 0) is 14.4 Å². The molecule has 0 radical (unpaired) electrons. The number of fused-ring (bicyclic) bond motifs is 1. The van der Waals surface area contributed by atoms with Crippen LogP contribution in [0.2, 0.25) is 5.02 Å². The van der Waals surface area contributed by atoms with E-state index in [4.69, 9.17) is 11.6 Å². The Balaban J connectivity index is 1.49. The zero-order valence-corrected chi connectivity index (χ0v) is 15.3. The molecule has 1 saturated heterocycles. The molecule has 4 rings (SSSR count). The fraction of sp³-hybridized carbons (Fsp3) is 0.167. The summed E-state index contributed by atoms with van der Waals surface area (Å²) in [6.45, 7) is -0.348. The predicted octanol–water partition coefficient (Wildman–Crippen LogP) is 2.55. The number of hydrogen-bond acceptors (Lipinski definition) is 6. The standard InChI is InChI=1S/C18H12ClF2N5O3/c19-12-7-11(5-6-13(12)21)26-17(28)15-16(18(26)29)25(24-23-15)8-14(27)22-10-3-1-9(20)2-4-10/h1-7,15-16H,8H2,(H,22,27). The number of carbonyl (C=O) groups excluding carboxylic acids is 3. The number of carbonyl (C=O) groups is 3. The lowest BCUT2D eigenvalue weighted by Gasteiger charge is -2.20. The molecule has 2 aliphatic heterocycles. The molecule has 8 nitrogen and oxygen atoms in total. The summed E-state index contributed by atoms with van der Waals surface area (Å²) < 4.78 is 26.3. The minimum Gasteiger partial charge on any atom is -0.324 e. The van der Waals surface area contributed by atoms with Gasteiger partial charge in [-0.1, -0.05) is 16.8 Å². The third kappa shape index (κ3) is 3.42. The monoisotopic (exact) mass is 419 g/mol. The zero-order chi connectivity index (χ0) is 20.7. The van der Waals surface area contributed by atoms with Crippen molar-refractivity contribution in [3.05, 3.63) is 59.1 Å². The van der Waals surface area contributed by atoms with E-state index in [1.165, 1.54) is 30.3 Å². The molecule has 1 N–H and O–H groups in total. The van der Waals surface area contributed by atoms with Crippen molar-refractivity contribution in [2.24, 2.45) is 10.3 Å². The third-order valence-corrected chi connectivity index (χ3v) is 4.74. The minimum absolute atomic E-state index is 0.103. The first-order valence-corrected chi connectivity index (χ1v) is 8.78. The van der Waals surface area contributed by atoms with Crippen LogP contribution in [0.25, 0.3) is 0 Å². The van der Waals surface area contributed by atoms with E-state index >= 15 is 0 Å². The number of hydrogen-bond donors (Lipinski definition) is 1. The second kappa shape index (κ2) is 7.21. The molecule has 3 amide bonds. The van der Waals surface area contributed by atoms with Crippen LogP contribution in [0.15, 0.2) is 52.8 Å². The highest BCUT2D eigenvalue weighted by Crippen LogP contribution is 2.33. The van der Waals surface area contributed by atoms with Gasteiger partial charge in [-0.25, -0.2) is 13.7 Å². The lowest BCUT2D eigenvalue weighted by atomic mass is 10.1. The summed E-state index contributed by atoms with van der Waals surface area (Å²) in [5.41, 5.74) is 0.465. The van der Waals surface area contributed by atoms with Gasteiger partial charge in [0.05, 0.1) is 10.7 Å². The summed E-state index contributed by atoms with van der Waals surface area (Å²) in [4.78, 5) is 38.5. The Morgan fingerprint density at radius 1 is 1.10 bits per heavy atom. The molecule has 2 aromatic carbocycles. The van der Waals surface area contributed by atoms with E-state index < -0.39 is 41.4 Å². The third-order valence-electron chi connectivity index (χ3n) is 4.45. The number of nitrogens with zero attached hydrogens (tertiary/aromatic N) is 4. The van der Waals surface area contributed by atoms with E-state index in [9.17, 15) is 23.2 Å². The summed E-state index contributed by atoms with van der Waals surface area (Å²) >= 11 is 5.74. The Kier molecular flexibility index (Phi) is 4.71. The highest BCUT2D eigenvalue weighted by molar-refractivity contribution is 6.32. The van der Waals surface area contributed by atoms with Crippen molar-refractivity contribution in [2.75, 3.05) is 16.8 Å². The fourth-order valence-corrected chi connectivity index (χ4v) is 3.29.